The van der Waals surface area contributed by atoms with Crippen LogP contribution in [0.3, 0.4) is 0 Å². The van der Waals surface area contributed by atoms with Crippen molar-refractivity contribution < 1.29 is 9.59 Å². The van der Waals surface area contributed by atoms with Crippen molar-refractivity contribution in [1.82, 2.24) is 19.2 Å². The average Bonchev–Trinajstić information content (AvgIpc) is 3.10. The maximum Gasteiger partial charge on any atom is 0.248 e. The van der Waals surface area contributed by atoms with Gasteiger partial charge < -0.3 is 14.2 Å². The molecule has 1 aliphatic heterocycles. The Morgan fingerprint density at radius 1 is 1.21 bits per heavy atom. The fourth-order valence-corrected chi connectivity index (χ4v) is 4.02. The summed E-state index contributed by atoms with van der Waals surface area (Å²) in [5.74, 6) is -0.108. The van der Waals surface area contributed by atoms with Crippen molar-refractivity contribution in [2.75, 3.05) is 13.6 Å². The molecule has 0 spiro atoms. The molecule has 0 aliphatic carbocycles. The van der Waals surface area contributed by atoms with Crippen LogP contribution >= 0.6 is 11.6 Å². The van der Waals surface area contributed by atoms with Gasteiger partial charge in [-0.25, -0.2) is 4.98 Å². The highest BCUT2D eigenvalue weighted by molar-refractivity contribution is 6.30. The Hall–Kier alpha value is -2.86. The van der Waals surface area contributed by atoms with Gasteiger partial charge in [0.25, 0.3) is 0 Å². The van der Waals surface area contributed by atoms with E-state index in [9.17, 15) is 9.59 Å². The molecule has 4 rings (SSSR count). The molecule has 1 aromatic carbocycles. The molecule has 6 nitrogen and oxygen atoms in total. The molecule has 1 unspecified atom stereocenters. The highest BCUT2D eigenvalue weighted by Gasteiger charge is 2.50. The number of pyridine rings is 1. The molecule has 3 heterocycles. The van der Waals surface area contributed by atoms with Crippen LogP contribution in [0.15, 0.2) is 54.9 Å². The SMILES string of the molecule is CN(Cc1ccc(Cl)cc1)C(=O)C1(C)CCN1C(=O)Cc1cnc2ccccn12. The number of amides is 2. The Morgan fingerprint density at radius 2 is 1.97 bits per heavy atom. The Kier molecular flexibility index (Phi) is 5.04. The first-order valence-corrected chi connectivity index (χ1v) is 9.98. The van der Waals surface area contributed by atoms with Crippen molar-refractivity contribution in [2.24, 2.45) is 0 Å². The summed E-state index contributed by atoms with van der Waals surface area (Å²) in [6, 6.07) is 13.2. The lowest BCUT2D eigenvalue weighted by molar-refractivity contribution is -0.163. The molecule has 1 aliphatic rings. The number of halogens is 1. The van der Waals surface area contributed by atoms with Crippen molar-refractivity contribution in [1.29, 1.82) is 0 Å². The predicted octanol–water partition coefficient (Wildman–Crippen LogP) is 3.18. The Morgan fingerprint density at radius 3 is 2.66 bits per heavy atom. The second-order valence-corrected chi connectivity index (χ2v) is 8.15. The van der Waals surface area contributed by atoms with Crippen LogP contribution in [0.4, 0.5) is 0 Å². The van der Waals surface area contributed by atoms with E-state index in [0.29, 0.717) is 24.5 Å². The van der Waals surface area contributed by atoms with E-state index in [2.05, 4.69) is 4.98 Å². The molecular formula is C22H23ClN4O2. The minimum Gasteiger partial charge on any atom is -0.339 e. The van der Waals surface area contributed by atoms with Gasteiger partial charge in [-0.2, -0.15) is 0 Å². The summed E-state index contributed by atoms with van der Waals surface area (Å²) in [7, 11) is 1.77. The summed E-state index contributed by atoms with van der Waals surface area (Å²) in [4.78, 5) is 33.8. The largest absolute Gasteiger partial charge is 0.339 e. The zero-order valence-corrected chi connectivity index (χ0v) is 17.3. The van der Waals surface area contributed by atoms with Crippen molar-refractivity contribution >= 4 is 29.1 Å². The van der Waals surface area contributed by atoms with Crippen molar-refractivity contribution in [3.8, 4) is 0 Å². The van der Waals surface area contributed by atoms with Crippen molar-refractivity contribution in [2.45, 2.75) is 31.8 Å². The van der Waals surface area contributed by atoms with Gasteiger partial charge in [0.1, 0.15) is 11.2 Å². The average molecular weight is 411 g/mol. The molecule has 3 aromatic rings. The molecule has 2 amide bonds. The molecule has 29 heavy (non-hydrogen) atoms. The number of carbonyl (C=O) groups is 2. The second kappa shape index (κ2) is 7.52. The van der Waals surface area contributed by atoms with Gasteiger partial charge in [0, 0.05) is 37.6 Å². The van der Waals surface area contributed by atoms with Crippen LogP contribution in [0.2, 0.25) is 5.02 Å². The number of likely N-dealkylation sites (tertiary alicyclic amines) is 1. The molecular weight excluding hydrogens is 388 g/mol. The number of imidazole rings is 1. The number of rotatable bonds is 5. The third kappa shape index (κ3) is 3.60. The van der Waals surface area contributed by atoms with Crippen LogP contribution in [0.25, 0.3) is 5.65 Å². The van der Waals surface area contributed by atoms with Gasteiger partial charge in [-0.15, -0.1) is 0 Å². The molecule has 0 bridgehead atoms. The molecule has 1 atom stereocenters. The fourth-order valence-electron chi connectivity index (χ4n) is 3.89. The first-order valence-electron chi connectivity index (χ1n) is 9.60. The number of hydrogen-bond donors (Lipinski definition) is 0. The van der Waals surface area contributed by atoms with E-state index in [-0.39, 0.29) is 18.2 Å². The summed E-state index contributed by atoms with van der Waals surface area (Å²) >= 11 is 5.93. The number of benzene rings is 1. The molecule has 0 radical (unpaired) electrons. The molecule has 1 fully saturated rings. The van der Waals surface area contributed by atoms with Crippen LogP contribution < -0.4 is 0 Å². The number of nitrogens with zero attached hydrogens (tertiary/aromatic N) is 4. The van der Waals surface area contributed by atoms with Crippen LogP contribution in [0.1, 0.15) is 24.6 Å². The van der Waals surface area contributed by atoms with E-state index in [1.807, 2.05) is 60.0 Å². The molecule has 2 aromatic heterocycles. The van der Waals surface area contributed by atoms with Crippen LogP contribution in [-0.4, -0.2) is 50.1 Å². The second-order valence-electron chi connectivity index (χ2n) is 7.71. The number of hydrogen-bond acceptors (Lipinski definition) is 3. The number of likely N-dealkylation sites (N-methyl/N-ethyl adjacent to an activating group) is 1. The van der Waals surface area contributed by atoms with Gasteiger partial charge in [-0.3, -0.25) is 9.59 Å². The van der Waals surface area contributed by atoms with Gasteiger partial charge >= 0.3 is 0 Å². The van der Waals surface area contributed by atoms with Crippen LogP contribution in [0, 0.1) is 0 Å². The van der Waals surface area contributed by atoms with Crippen LogP contribution in [-0.2, 0) is 22.6 Å². The molecule has 0 saturated carbocycles. The van der Waals surface area contributed by atoms with E-state index in [1.54, 1.807) is 23.0 Å². The molecule has 1 saturated heterocycles. The quantitative estimate of drug-likeness (QED) is 0.649. The van der Waals surface area contributed by atoms with Gasteiger partial charge in [0.15, 0.2) is 0 Å². The maximum atomic E-state index is 13.1. The first kappa shape index (κ1) is 19.5. The summed E-state index contributed by atoms with van der Waals surface area (Å²) in [6.07, 6.45) is 4.49. The first-order chi connectivity index (χ1) is 13.9. The summed E-state index contributed by atoms with van der Waals surface area (Å²) in [6.45, 7) is 2.91. The zero-order valence-electron chi connectivity index (χ0n) is 16.5. The highest BCUT2D eigenvalue weighted by Crippen LogP contribution is 2.33. The third-order valence-electron chi connectivity index (χ3n) is 5.69. The number of carbonyl (C=O) groups excluding carboxylic acids is 2. The lowest BCUT2D eigenvalue weighted by atomic mass is 9.84. The van der Waals surface area contributed by atoms with Gasteiger partial charge in [-0.1, -0.05) is 29.8 Å². The number of fused-ring (bicyclic) bond motifs is 1. The zero-order chi connectivity index (χ0) is 20.6. The summed E-state index contributed by atoms with van der Waals surface area (Å²) in [5.41, 5.74) is 1.82. The van der Waals surface area contributed by atoms with Gasteiger partial charge in [0.05, 0.1) is 12.1 Å². The third-order valence-corrected chi connectivity index (χ3v) is 5.94. The standard InChI is InChI=1S/C22H23ClN4O2/c1-22(21(29)25(2)15-16-6-8-17(23)9-7-16)10-12-27(22)20(28)13-18-14-24-19-5-3-4-11-26(18)19/h3-9,11,14H,10,12-13,15H2,1-2H3. The lowest BCUT2D eigenvalue weighted by Gasteiger charge is -2.50. The van der Waals surface area contributed by atoms with E-state index >= 15 is 0 Å². The highest BCUT2D eigenvalue weighted by atomic mass is 35.5. The van der Waals surface area contributed by atoms with E-state index in [0.717, 1.165) is 16.9 Å². The monoisotopic (exact) mass is 410 g/mol. The van der Waals surface area contributed by atoms with Crippen molar-refractivity contribution in [3.63, 3.8) is 0 Å². The van der Waals surface area contributed by atoms with Crippen LogP contribution in [0.5, 0.6) is 0 Å². The molecule has 150 valence electrons. The Balaban J connectivity index is 1.45. The normalized spacial score (nSPS) is 18.5. The Labute approximate surface area is 174 Å². The summed E-state index contributed by atoms with van der Waals surface area (Å²) < 4.78 is 1.91. The molecule has 7 heteroatoms. The predicted molar refractivity (Wildman–Crippen MR) is 112 cm³/mol. The topological polar surface area (TPSA) is 57.9 Å². The Bertz CT molecular complexity index is 1060. The lowest BCUT2D eigenvalue weighted by Crippen LogP contribution is -2.67. The van der Waals surface area contributed by atoms with Crippen molar-refractivity contribution in [3.05, 3.63) is 71.1 Å². The minimum atomic E-state index is -0.807. The van der Waals surface area contributed by atoms with Gasteiger partial charge in [-0.05, 0) is 43.2 Å². The van der Waals surface area contributed by atoms with E-state index in [4.69, 9.17) is 11.6 Å². The maximum absolute atomic E-state index is 13.1. The van der Waals surface area contributed by atoms with E-state index in [1.165, 1.54) is 0 Å². The smallest absolute Gasteiger partial charge is 0.248 e. The number of aromatic nitrogens is 2. The minimum absolute atomic E-state index is 0.0507. The van der Waals surface area contributed by atoms with Gasteiger partial charge in [0.2, 0.25) is 11.8 Å². The van der Waals surface area contributed by atoms with E-state index < -0.39 is 5.54 Å². The fraction of sp³-hybridized carbons (Fsp3) is 0.318. The molecule has 0 N–H and O–H groups in total. The summed E-state index contributed by atoms with van der Waals surface area (Å²) in [5, 5.41) is 0.665.